The molecule has 0 atom stereocenters. The lowest BCUT2D eigenvalue weighted by Gasteiger charge is -2.13. The van der Waals surface area contributed by atoms with Gasteiger partial charge in [0.25, 0.3) is 5.91 Å². The number of rotatable bonds is 5. The first-order valence-corrected chi connectivity index (χ1v) is 10.5. The van der Waals surface area contributed by atoms with E-state index in [2.05, 4.69) is 17.5 Å². The zero-order valence-corrected chi connectivity index (χ0v) is 17.9. The molecule has 1 aliphatic rings. The van der Waals surface area contributed by atoms with Crippen LogP contribution in [0.4, 0.5) is 4.39 Å². The molecule has 4 rings (SSSR count). The van der Waals surface area contributed by atoms with Crippen LogP contribution in [0.5, 0.6) is 5.75 Å². The molecule has 0 aliphatic heterocycles. The second-order valence-corrected chi connectivity index (χ2v) is 7.57. The van der Waals surface area contributed by atoms with E-state index >= 15 is 0 Å². The Labute approximate surface area is 185 Å². The first-order valence-electron chi connectivity index (χ1n) is 10.5. The summed E-state index contributed by atoms with van der Waals surface area (Å²) in [5, 5.41) is 4.22. The Morgan fingerprint density at radius 2 is 1.88 bits per heavy atom. The lowest BCUT2D eigenvalue weighted by molar-refractivity contribution is 0.0698. The smallest absolute Gasteiger partial charge is 0.379 e. The molecule has 1 N–H and O–H groups in total. The van der Waals surface area contributed by atoms with Crippen molar-refractivity contribution >= 4 is 17.6 Å². The molecule has 0 radical (unpaired) electrons. The zero-order valence-electron chi connectivity index (χ0n) is 17.9. The van der Waals surface area contributed by atoms with E-state index in [1.807, 2.05) is 12.1 Å². The van der Waals surface area contributed by atoms with E-state index in [0.29, 0.717) is 41.2 Å². The van der Waals surface area contributed by atoms with Crippen LogP contribution in [0.25, 0.3) is 0 Å². The van der Waals surface area contributed by atoms with Gasteiger partial charge < -0.3 is 9.15 Å². The van der Waals surface area contributed by atoms with Crippen molar-refractivity contribution in [3.05, 3.63) is 88.1 Å². The second-order valence-electron chi connectivity index (χ2n) is 7.57. The summed E-state index contributed by atoms with van der Waals surface area (Å²) in [4.78, 5) is 25.0. The Bertz CT molecular complexity index is 1200. The maximum absolute atomic E-state index is 13.8. The standard InChI is InChI=1S/C25H23FN2O4/c1-3-16-11-13-17(14-12-16)31-25(30)23-15(2)22-20(9-6-10-21(22)32-23)27-28-24(29)18-7-4-5-8-19(18)26/h4-5,7-8,11-14H,3,6,9-10H2,1-2H3,(H,28,29)/b27-20+. The van der Waals surface area contributed by atoms with Crippen LogP contribution in [-0.4, -0.2) is 17.6 Å². The highest BCUT2D eigenvalue weighted by Crippen LogP contribution is 2.30. The van der Waals surface area contributed by atoms with Crippen molar-refractivity contribution in [1.29, 1.82) is 0 Å². The van der Waals surface area contributed by atoms with Crippen molar-refractivity contribution in [2.45, 2.75) is 39.5 Å². The van der Waals surface area contributed by atoms with Gasteiger partial charge >= 0.3 is 5.97 Å². The fourth-order valence-electron chi connectivity index (χ4n) is 3.75. The fourth-order valence-corrected chi connectivity index (χ4v) is 3.75. The largest absolute Gasteiger partial charge is 0.453 e. The third kappa shape index (κ3) is 4.32. The van der Waals surface area contributed by atoms with Gasteiger partial charge in [0, 0.05) is 17.5 Å². The summed E-state index contributed by atoms with van der Waals surface area (Å²) in [6.45, 7) is 3.81. The van der Waals surface area contributed by atoms with Crippen molar-refractivity contribution < 1.29 is 23.1 Å². The van der Waals surface area contributed by atoms with E-state index in [1.165, 1.54) is 18.2 Å². The van der Waals surface area contributed by atoms with Gasteiger partial charge in [-0.15, -0.1) is 0 Å². The van der Waals surface area contributed by atoms with Crippen LogP contribution in [0.2, 0.25) is 0 Å². The number of furan rings is 1. The van der Waals surface area contributed by atoms with Gasteiger partial charge in [-0.1, -0.05) is 31.2 Å². The molecular weight excluding hydrogens is 411 g/mol. The summed E-state index contributed by atoms with van der Waals surface area (Å²) in [6.07, 6.45) is 2.89. The number of carbonyl (C=O) groups excluding carboxylic acids is 2. The predicted molar refractivity (Wildman–Crippen MR) is 118 cm³/mol. The molecule has 7 heteroatoms. The summed E-state index contributed by atoms with van der Waals surface area (Å²) >= 11 is 0. The van der Waals surface area contributed by atoms with Gasteiger partial charge in [-0.3, -0.25) is 4.79 Å². The number of hydrogen-bond donors (Lipinski definition) is 1. The highest BCUT2D eigenvalue weighted by molar-refractivity contribution is 6.06. The van der Waals surface area contributed by atoms with Crippen LogP contribution >= 0.6 is 0 Å². The van der Waals surface area contributed by atoms with Crippen molar-refractivity contribution in [2.24, 2.45) is 5.10 Å². The topological polar surface area (TPSA) is 80.9 Å². The van der Waals surface area contributed by atoms with Gasteiger partial charge in [0.05, 0.1) is 11.3 Å². The van der Waals surface area contributed by atoms with Gasteiger partial charge in [-0.25, -0.2) is 14.6 Å². The molecule has 0 saturated heterocycles. The van der Waals surface area contributed by atoms with Gasteiger partial charge in [0.15, 0.2) is 0 Å². The molecule has 0 fully saturated rings. The van der Waals surface area contributed by atoms with Gasteiger partial charge in [0.1, 0.15) is 17.3 Å². The minimum absolute atomic E-state index is 0.0878. The molecule has 0 unspecified atom stereocenters. The van der Waals surface area contributed by atoms with Crippen LogP contribution in [0, 0.1) is 12.7 Å². The molecule has 2 aromatic carbocycles. The monoisotopic (exact) mass is 434 g/mol. The maximum Gasteiger partial charge on any atom is 0.379 e. The Hall–Kier alpha value is -3.74. The van der Waals surface area contributed by atoms with E-state index in [-0.39, 0.29) is 11.3 Å². The van der Waals surface area contributed by atoms with E-state index in [9.17, 15) is 14.0 Å². The van der Waals surface area contributed by atoms with Crippen molar-refractivity contribution in [1.82, 2.24) is 5.43 Å². The number of esters is 1. The number of halogens is 1. The summed E-state index contributed by atoms with van der Waals surface area (Å²) in [6, 6.07) is 13.0. The molecule has 1 heterocycles. The number of amides is 1. The molecule has 1 aromatic heterocycles. The minimum Gasteiger partial charge on any atom is -0.453 e. The highest BCUT2D eigenvalue weighted by Gasteiger charge is 2.29. The summed E-state index contributed by atoms with van der Waals surface area (Å²) < 4.78 is 25.2. The van der Waals surface area contributed by atoms with Crippen LogP contribution in [0.3, 0.4) is 0 Å². The summed E-state index contributed by atoms with van der Waals surface area (Å²) in [5.41, 5.74) is 5.36. The number of carbonyl (C=O) groups is 2. The van der Waals surface area contributed by atoms with E-state index in [1.54, 1.807) is 25.1 Å². The molecule has 3 aromatic rings. The van der Waals surface area contributed by atoms with Crippen LogP contribution in [-0.2, 0) is 12.8 Å². The lowest BCUT2D eigenvalue weighted by Crippen LogP contribution is -2.23. The molecule has 32 heavy (non-hydrogen) atoms. The van der Waals surface area contributed by atoms with Crippen LogP contribution < -0.4 is 10.2 Å². The Morgan fingerprint density at radius 3 is 2.59 bits per heavy atom. The van der Waals surface area contributed by atoms with Crippen LogP contribution in [0.1, 0.15) is 63.1 Å². The fraction of sp³-hybridized carbons (Fsp3) is 0.240. The van der Waals surface area contributed by atoms with Gasteiger partial charge in [-0.2, -0.15) is 5.10 Å². The minimum atomic E-state index is -0.640. The normalized spacial score (nSPS) is 14.2. The Balaban J connectivity index is 1.55. The van der Waals surface area contributed by atoms with E-state index < -0.39 is 17.7 Å². The number of hydrazone groups is 1. The number of fused-ring (bicyclic) bond motifs is 1. The Kier molecular flexibility index (Phi) is 6.16. The first-order chi connectivity index (χ1) is 15.5. The lowest BCUT2D eigenvalue weighted by atomic mass is 9.93. The van der Waals surface area contributed by atoms with Crippen molar-refractivity contribution in [3.8, 4) is 5.75 Å². The van der Waals surface area contributed by atoms with Crippen molar-refractivity contribution in [3.63, 3.8) is 0 Å². The number of benzene rings is 2. The highest BCUT2D eigenvalue weighted by atomic mass is 19.1. The summed E-state index contributed by atoms with van der Waals surface area (Å²) in [5.74, 6) is -0.668. The van der Waals surface area contributed by atoms with E-state index in [0.717, 1.165) is 18.4 Å². The third-order valence-electron chi connectivity index (χ3n) is 5.46. The molecule has 6 nitrogen and oxygen atoms in total. The maximum atomic E-state index is 13.8. The average Bonchev–Trinajstić information content (AvgIpc) is 3.15. The number of hydrogen-bond acceptors (Lipinski definition) is 5. The molecule has 0 saturated carbocycles. The second kappa shape index (κ2) is 9.18. The Morgan fingerprint density at radius 1 is 1.12 bits per heavy atom. The molecule has 1 aliphatic carbocycles. The summed E-state index contributed by atoms with van der Waals surface area (Å²) in [7, 11) is 0. The molecule has 1 amide bonds. The van der Waals surface area contributed by atoms with Gasteiger partial charge in [-0.05, 0) is 56.0 Å². The number of aryl methyl sites for hydroxylation is 2. The average molecular weight is 434 g/mol. The first kappa shape index (κ1) is 21.5. The molecule has 0 bridgehead atoms. The SMILES string of the molecule is CCc1ccc(OC(=O)c2oc3c(c2C)/C(=N/NC(=O)c2ccccc2F)CCC3)cc1. The number of ether oxygens (including phenoxy) is 1. The quantitative estimate of drug-likeness (QED) is 0.349. The molecule has 164 valence electrons. The predicted octanol–water partition coefficient (Wildman–Crippen LogP) is 4.98. The number of nitrogens with one attached hydrogen (secondary N) is 1. The van der Waals surface area contributed by atoms with Crippen molar-refractivity contribution in [2.75, 3.05) is 0 Å². The van der Waals surface area contributed by atoms with Crippen LogP contribution in [0.15, 0.2) is 58.0 Å². The zero-order chi connectivity index (χ0) is 22.7. The molecular formula is C25H23FN2O4. The molecule has 0 spiro atoms. The third-order valence-corrected chi connectivity index (χ3v) is 5.46. The van der Waals surface area contributed by atoms with E-state index in [4.69, 9.17) is 9.15 Å². The van der Waals surface area contributed by atoms with Gasteiger partial charge in [0.2, 0.25) is 5.76 Å². The number of nitrogens with zero attached hydrogens (tertiary/aromatic N) is 1.